The maximum absolute atomic E-state index is 12.1. The zero-order chi connectivity index (χ0) is 16.2. The van der Waals surface area contributed by atoms with Crippen LogP contribution in [-0.2, 0) is 4.79 Å². The maximum atomic E-state index is 12.1. The SMILES string of the molecule is Cc1ccc([N+](=O)[O-])cc1C(=O)N[C@@H](CC(C)C)C(=O)O. The highest BCUT2D eigenvalue weighted by Crippen LogP contribution is 2.17. The largest absolute Gasteiger partial charge is 0.480 e. The Morgan fingerprint density at radius 3 is 2.48 bits per heavy atom. The highest BCUT2D eigenvalue weighted by atomic mass is 16.6. The van der Waals surface area contributed by atoms with E-state index in [9.17, 15) is 19.7 Å². The molecule has 0 aliphatic carbocycles. The summed E-state index contributed by atoms with van der Waals surface area (Å²) in [6.45, 7) is 5.33. The van der Waals surface area contributed by atoms with Crippen LogP contribution in [0.3, 0.4) is 0 Å². The summed E-state index contributed by atoms with van der Waals surface area (Å²) in [6.07, 6.45) is 0.287. The first-order chi connectivity index (χ1) is 9.72. The van der Waals surface area contributed by atoms with Crippen LogP contribution in [0.15, 0.2) is 18.2 Å². The smallest absolute Gasteiger partial charge is 0.326 e. The van der Waals surface area contributed by atoms with E-state index in [-0.39, 0.29) is 23.6 Å². The number of carbonyl (C=O) groups is 2. The second-order valence-corrected chi connectivity index (χ2v) is 5.25. The first kappa shape index (κ1) is 16.6. The van der Waals surface area contributed by atoms with Gasteiger partial charge < -0.3 is 10.4 Å². The van der Waals surface area contributed by atoms with Gasteiger partial charge in [0.05, 0.1) is 4.92 Å². The number of carbonyl (C=O) groups excluding carboxylic acids is 1. The molecular formula is C14H18N2O5. The molecule has 0 spiro atoms. The molecule has 21 heavy (non-hydrogen) atoms. The zero-order valence-corrected chi connectivity index (χ0v) is 12.1. The molecule has 0 aliphatic rings. The van der Waals surface area contributed by atoms with Crippen molar-refractivity contribution in [3.63, 3.8) is 0 Å². The Labute approximate surface area is 122 Å². The van der Waals surface area contributed by atoms with E-state index in [4.69, 9.17) is 5.11 Å². The van der Waals surface area contributed by atoms with Gasteiger partial charge in [0, 0.05) is 17.7 Å². The fourth-order valence-corrected chi connectivity index (χ4v) is 1.90. The third kappa shape index (κ3) is 4.55. The van der Waals surface area contributed by atoms with Crippen LogP contribution < -0.4 is 5.32 Å². The summed E-state index contributed by atoms with van der Waals surface area (Å²) in [7, 11) is 0. The summed E-state index contributed by atoms with van der Waals surface area (Å²) >= 11 is 0. The van der Waals surface area contributed by atoms with Crippen LogP contribution in [0.1, 0.15) is 36.2 Å². The minimum atomic E-state index is -1.12. The second kappa shape index (κ2) is 6.83. The van der Waals surface area contributed by atoms with Crippen molar-refractivity contribution in [2.45, 2.75) is 33.2 Å². The maximum Gasteiger partial charge on any atom is 0.326 e. The molecule has 7 nitrogen and oxygen atoms in total. The third-order valence-electron chi connectivity index (χ3n) is 2.99. The van der Waals surface area contributed by atoms with Crippen LogP contribution in [0.4, 0.5) is 5.69 Å². The summed E-state index contributed by atoms with van der Waals surface area (Å²) < 4.78 is 0. The molecule has 7 heteroatoms. The normalized spacial score (nSPS) is 12.0. The lowest BCUT2D eigenvalue weighted by Crippen LogP contribution is -2.41. The standard InChI is InChI=1S/C14H18N2O5/c1-8(2)6-12(14(18)19)15-13(17)11-7-10(16(20)21)5-4-9(11)3/h4-5,7-8,12H,6H2,1-3H3,(H,15,17)(H,18,19)/t12-/m0/s1. The lowest BCUT2D eigenvalue weighted by molar-refractivity contribution is -0.384. The minimum Gasteiger partial charge on any atom is -0.480 e. The number of nitro groups is 1. The monoisotopic (exact) mass is 294 g/mol. The van der Waals surface area contributed by atoms with Gasteiger partial charge in [-0.25, -0.2) is 4.79 Å². The number of non-ortho nitro benzene ring substituents is 1. The first-order valence-corrected chi connectivity index (χ1v) is 6.51. The molecular weight excluding hydrogens is 276 g/mol. The minimum absolute atomic E-state index is 0.0950. The molecule has 0 radical (unpaired) electrons. The van der Waals surface area contributed by atoms with Crippen LogP contribution in [0.5, 0.6) is 0 Å². The Bertz CT molecular complexity index is 568. The van der Waals surface area contributed by atoms with Crippen molar-refractivity contribution in [1.82, 2.24) is 5.32 Å². The van der Waals surface area contributed by atoms with Gasteiger partial charge in [0.15, 0.2) is 0 Å². The number of carboxylic acid groups (broad SMARTS) is 1. The molecule has 0 heterocycles. The van der Waals surface area contributed by atoms with E-state index in [1.807, 2.05) is 13.8 Å². The number of hydrogen-bond donors (Lipinski definition) is 2. The van der Waals surface area contributed by atoms with Crippen molar-refractivity contribution in [3.05, 3.63) is 39.4 Å². The van der Waals surface area contributed by atoms with Crippen molar-refractivity contribution in [2.24, 2.45) is 5.92 Å². The average Bonchev–Trinajstić information content (AvgIpc) is 2.37. The molecule has 0 saturated carbocycles. The topological polar surface area (TPSA) is 110 Å². The molecule has 114 valence electrons. The Balaban J connectivity index is 2.99. The molecule has 1 aromatic carbocycles. The molecule has 1 amide bonds. The quantitative estimate of drug-likeness (QED) is 0.617. The lowest BCUT2D eigenvalue weighted by atomic mass is 10.0. The van der Waals surface area contributed by atoms with Gasteiger partial charge in [0.2, 0.25) is 0 Å². The summed E-state index contributed by atoms with van der Waals surface area (Å²) in [5, 5.41) is 22.3. The molecule has 0 aromatic heterocycles. The Kier molecular flexibility index (Phi) is 5.40. The number of rotatable bonds is 6. The van der Waals surface area contributed by atoms with Gasteiger partial charge in [-0.2, -0.15) is 0 Å². The van der Waals surface area contributed by atoms with E-state index in [1.165, 1.54) is 12.1 Å². The van der Waals surface area contributed by atoms with Gasteiger partial charge in [0.1, 0.15) is 6.04 Å². The number of carboxylic acids is 1. The van der Waals surface area contributed by atoms with Crippen molar-refractivity contribution in [3.8, 4) is 0 Å². The van der Waals surface area contributed by atoms with Crippen LogP contribution in [-0.4, -0.2) is 27.9 Å². The van der Waals surface area contributed by atoms with Crippen LogP contribution >= 0.6 is 0 Å². The fourth-order valence-electron chi connectivity index (χ4n) is 1.90. The number of aryl methyl sites for hydroxylation is 1. The Morgan fingerprint density at radius 2 is 2.00 bits per heavy atom. The molecule has 0 fully saturated rings. The van der Waals surface area contributed by atoms with Crippen molar-refractivity contribution >= 4 is 17.6 Å². The van der Waals surface area contributed by atoms with Crippen molar-refractivity contribution in [2.75, 3.05) is 0 Å². The summed E-state index contributed by atoms with van der Waals surface area (Å²) in [5.74, 6) is -1.65. The van der Waals surface area contributed by atoms with E-state index >= 15 is 0 Å². The zero-order valence-electron chi connectivity index (χ0n) is 12.1. The average molecular weight is 294 g/mol. The molecule has 1 rings (SSSR count). The predicted molar refractivity (Wildman–Crippen MR) is 76.2 cm³/mol. The van der Waals surface area contributed by atoms with Crippen LogP contribution in [0.2, 0.25) is 0 Å². The third-order valence-corrected chi connectivity index (χ3v) is 2.99. The van der Waals surface area contributed by atoms with E-state index in [2.05, 4.69) is 5.32 Å². The van der Waals surface area contributed by atoms with Gasteiger partial charge in [-0.05, 0) is 24.8 Å². The van der Waals surface area contributed by atoms with Crippen molar-refractivity contribution < 1.29 is 19.6 Å². The number of nitro benzene ring substituents is 1. The molecule has 0 aliphatic heterocycles. The van der Waals surface area contributed by atoms with E-state index < -0.39 is 22.8 Å². The van der Waals surface area contributed by atoms with E-state index in [1.54, 1.807) is 6.92 Å². The molecule has 1 atom stereocenters. The van der Waals surface area contributed by atoms with Crippen LogP contribution in [0.25, 0.3) is 0 Å². The number of aliphatic carboxylic acids is 1. The number of hydrogen-bond acceptors (Lipinski definition) is 4. The Hall–Kier alpha value is -2.44. The summed E-state index contributed by atoms with van der Waals surface area (Å²) in [4.78, 5) is 33.4. The van der Waals surface area contributed by atoms with Crippen LogP contribution in [0, 0.1) is 23.0 Å². The van der Waals surface area contributed by atoms with Gasteiger partial charge in [-0.15, -0.1) is 0 Å². The van der Waals surface area contributed by atoms with Gasteiger partial charge in [0.25, 0.3) is 11.6 Å². The second-order valence-electron chi connectivity index (χ2n) is 5.25. The first-order valence-electron chi connectivity index (χ1n) is 6.51. The van der Waals surface area contributed by atoms with E-state index in [0.29, 0.717) is 5.56 Å². The summed E-state index contributed by atoms with van der Waals surface area (Å²) in [6, 6.07) is 2.90. The summed E-state index contributed by atoms with van der Waals surface area (Å²) in [5.41, 5.74) is 0.451. The van der Waals surface area contributed by atoms with Gasteiger partial charge in [-0.1, -0.05) is 19.9 Å². The van der Waals surface area contributed by atoms with Gasteiger partial charge in [-0.3, -0.25) is 14.9 Å². The molecule has 1 aromatic rings. The van der Waals surface area contributed by atoms with E-state index in [0.717, 1.165) is 6.07 Å². The fraction of sp³-hybridized carbons (Fsp3) is 0.429. The number of nitrogens with one attached hydrogen (secondary N) is 1. The van der Waals surface area contributed by atoms with Crippen molar-refractivity contribution in [1.29, 1.82) is 0 Å². The molecule has 0 saturated heterocycles. The Morgan fingerprint density at radius 1 is 1.38 bits per heavy atom. The number of nitrogens with zero attached hydrogens (tertiary/aromatic N) is 1. The lowest BCUT2D eigenvalue weighted by Gasteiger charge is -2.17. The number of amides is 1. The predicted octanol–water partition coefficient (Wildman–Crippen LogP) is 2.13. The highest BCUT2D eigenvalue weighted by molar-refractivity contribution is 5.98. The molecule has 0 unspecified atom stereocenters. The molecule has 2 N–H and O–H groups in total. The molecule has 0 bridgehead atoms. The highest BCUT2D eigenvalue weighted by Gasteiger charge is 2.23. The number of benzene rings is 1. The van der Waals surface area contributed by atoms with Gasteiger partial charge >= 0.3 is 5.97 Å².